The van der Waals surface area contributed by atoms with Gasteiger partial charge in [-0.3, -0.25) is 4.79 Å². The molecule has 3 aromatic rings. The number of hydrogen-bond donors (Lipinski definition) is 1. The maximum atomic E-state index is 11.2. The summed E-state index contributed by atoms with van der Waals surface area (Å²) in [6, 6.07) is 13.6. The average Bonchev–Trinajstić information content (AvgIpc) is 3.00. The van der Waals surface area contributed by atoms with Gasteiger partial charge in [-0.1, -0.05) is 12.1 Å². The Hall–Kier alpha value is -2.79. The molecule has 0 unspecified atom stereocenters. The van der Waals surface area contributed by atoms with E-state index in [1.165, 1.54) is 6.92 Å². The van der Waals surface area contributed by atoms with Crippen LogP contribution >= 0.6 is 0 Å². The summed E-state index contributed by atoms with van der Waals surface area (Å²) < 4.78 is 10.9. The van der Waals surface area contributed by atoms with Crippen LogP contribution in [0.3, 0.4) is 0 Å². The Morgan fingerprint density at radius 2 is 1.88 bits per heavy atom. The lowest BCUT2D eigenvalue weighted by molar-refractivity contribution is -0.114. The number of benzene rings is 2. The smallest absolute Gasteiger partial charge is 0.231 e. The molecule has 5 nitrogen and oxygen atoms in total. The minimum Gasteiger partial charge on any atom is -1.00 e. The van der Waals surface area contributed by atoms with Gasteiger partial charge in [0.15, 0.2) is 11.5 Å². The van der Waals surface area contributed by atoms with Crippen LogP contribution in [0.2, 0.25) is 0 Å². The molecular weight excluding hydrogens is 340 g/mol. The van der Waals surface area contributed by atoms with E-state index in [9.17, 15) is 4.79 Å². The minimum atomic E-state index is -0.0949. The fourth-order valence-corrected chi connectivity index (χ4v) is 2.89. The number of fused-ring (bicyclic) bond motifs is 2. The molecule has 0 atom stereocenters. The molecule has 2 aromatic carbocycles. The van der Waals surface area contributed by atoms with E-state index in [-0.39, 0.29) is 25.1 Å². The van der Waals surface area contributed by atoms with Gasteiger partial charge in [0.1, 0.15) is 0 Å². The first-order valence-corrected chi connectivity index (χ1v) is 7.69. The van der Waals surface area contributed by atoms with Crippen molar-refractivity contribution in [3.63, 3.8) is 0 Å². The highest BCUT2D eigenvalue weighted by Gasteiger charge is 2.16. The van der Waals surface area contributed by atoms with E-state index in [4.69, 9.17) is 14.5 Å². The van der Waals surface area contributed by atoms with Crippen LogP contribution in [0.5, 0.6) is 11.5 Å². The predicted molar refractivity (Wildman–Crippen MR) is 92.3 cm³/mol. The molecular formula is C19H16ClN2O3-. The molecule has 128 valence electrons. The molecule has 2 heterocycles. The van der Waals surface area contributed by atoms with Gasteiger partial charge in [-0.15, -0.1) is 0 Å². The van der Waals surface area contributed by atoms with Gasteiger partial charge >= 0.3 is 0 Å². The van der Waals surface area contributed by atoms with E-state index in [1.54, 1.807) is 0 Å². The van der Waals surface area contributed by atoms with Gasteiger partial charge in [-0.25, -0.2) is 4.98 Å². The number of anilines is 1. The maximum absolute atomic E-state index is 11.2. The lowest BCUT2D eigenvalue weighted by Crippen LogP contribution is -3.00. The molecule has 1 N–H and O–H groups in total. The summed E-state index contributed by atoms with van der Waals surface area (Å²) in [5.41, 5.74) is 4.53. The Balaban J connectivity index is 0.00000182. The van der Waals surface area contributed by atoms with Crippen molar-refractivity contribution in [2.75, 3.05) is 12.1 Å². The topological polar surface area (TPSA) is 60.5 Å². The molecule has 1 aliphatic rings. The van der Waals surface area contributed by atoms with Crippen molar-refractivity contribution >= 4 is 22.5 Å². The van der Waals surface area contributed by atoms with Crippen LogP contribution in [-0.4, -0.2) is 17.7 Å². The van der Waals surface area contributed by atoms with Crippen LogP contribution in [0, 0.1) is 6.92 Å². The van der Waals surface area contributed by atoms with E-state index in [2.05, 4.69) is 5.32 Å². The number of rotatable bonds is 2. The van der Waals surface area contributed by atoms with Crippen molar-refractivity contribution in [2.45, 2.75) is 13.8 Å². The van der Waals surface area contributed by atoms with Gasteiger partial charge in [-0.2, -0.15) is 0 Å². The first kappa shape index (κ1) is 17.0. The summed E-state index contributed by atoms with van der Waals surface area (Å²) in [6.07, 6.45) is 0. The fourth-order valence-electron chi connectivity index (χ4n) is 2.89. The predicted octanol–water partition coefficient (Wildman–Crippen LogP) is 0.901. The molecule has 0 aliphatic carbocycles. The number of aryl methyl sites for hydroxylation is 1. The molecule has 0 fully saturated rings. The molecule has 0 saturated carbocycles. The summed E-state index contributed by atoms with van der Waals surface area (Å²) in [6.45, 7) is 3.79. The monoisotopic (exact) mass is 355 g/mol. The third-order valence-electron chi connectivity index (χ3n) is 3.99. The Labute approximate surface area is 151 Å². The first-order valence-electron chi connectivity index (χ1n) is 7.69. The van der Waals surface area contributed by atoms with Crippen LogP contribution in [0.4, 0.5) is 5.69 Å². The highest BCUT2D eigenvalue weighted by molar-refractivity contribution is 5.91. The second-order valence-electron chi connectivity index (χ2n) is 5.81. The normalized spacial score (nSPS) is 11.9. The number of nitrogens with one attached hydrogen (secondary N) is 1. The van der Waals surface area contributed by atoms with Crippen molar-refractivity contribution in [2.24, 2.45) is 0 Å². The van der Waals surface area contributed by atoms with E-state index in [0.717, 1.165) is 44.9 Å². The van der Waals surface area contributed by atoms with Crippen molar-refractivity contribution in [1.29, 1.82) is 0 Å². The van der Waals surface area contributed by atoms with Crippen LogP contribution in [-0.2, 0) is 4.79 Å². The minimum absolute atomic E-state index is 0. The molecule has 0 radical (unpaired) electrons. The van der Waals surface area contributed by atoms with E-state index in [0.29, 0.717) is 0 Å². The molecule has 0 saturated heterocycles. The molecule has 1 aliphatic heterocycles. The molecule has 6 heteroatoms. The number of carbonyl (C=O) groups excluding carboxylic acids is 1. The fraction of sp³-hybridized carbons (Fsp3) is 0.158. The highest BCUT2D eigenvalue weighted by Crippen LogP contribution is 2.37. The SMILES string of the molecule is CC(=O)Nc1cccc(-c2cc(C)c3cc4c(cc3n2)OCO4)c1.[Cl-]. The second-order valence-corrected chi connectivity index (χ2v) is 5.81. The molecule has 1 amide bonds. The third kappa shape index (κ3) is 3.23. The number of nitrogens with zero attached hydrogens (tertiary/aromatic N) is 1. The Kier molecular flexibility index (Phi) is 4.51. The van der Waals surface area contributed by atoms with Crippen molar-refractivity contribution in [3.8, 4) is 22.8 Å². The van der Waals surface area contributed by atoms with Crippen LogP contribution < -0.4 is 27.2 Å². The first-order chi connectivity index (χ1) is 11.6. The number of hydrogen-bond acceptors (Lipinski definition) is 4. The number of pyridine rings is 1. The van der Waals surface area contributed by atoms with Gasteiger partial charge in [0.05, 0.1) is 11.2 Å². The highest BCUT2D eigenvalue weighted by atomic mass is 35.5. The standard InChI is InChI=1S/C19H16N2O3.ClH/c1-11-6-16(13-4-3-5-14(7-13)20-12(2)22)21-17-9-19-18(8-15(11)17)23-10-24-19;/h3-9H,10H2,1-2H3,(H,20,22);1H/p-1. The van der Waals surface area contributed by atoms with Crippen molar-refractivity contribution < 1.29 is 26.7 Å². The number of aromatic nitrogens is 1. The summed E-state index contributed by atoms with van der Waals surface area (Å²) in [5, 5.41) is 3.84. The summed E-state index contributed by atoms with van der Waals surface area (Å²) >= 11 is 0. The average molecular weight is 356 g/mol. The zero-order chi connectivity index (χ0) is 16.7. The van der Waals surface area contributed by atoms with Crippen molar-refractivity contribution in [1.82, 2.24) is 4.98 Å². The van der Waals surface area contributed by atoms with Gasteiger partial charge in [-0.05, 0) is 36.8 Å². The van der Waals surface area contributed by atoms with Gasteiger partial charge in [0, 0.05) is 29.6 Å². The third-order valence-corrected chi connectivity index (χ3v) is 3.99. The van der Waals surface area contributed by atoms with Gasteiger partial charge < -0.3 is 27.2 Å². The number of carbonyl (C=O) groups is 1. The zero-order valence-corrected chi connectivity index (χ0v) is 14.6. The lowest BCUT2D eigenvalue weighted by Gasteiger charge is -2.09. The summed E-state index contributed by atoms with van der Waals surface area (Å²) in [5.74, 6) is 1.38. The van der Waals surface area contributed by atoms with Crippen LogP contribution in [0.25, 0.3) is 22.2 Å². The van der Waals surface area contributed by atoms with Crippen LogP contribution in [0.1, 0.15) is 12.5 Å². The summed E-state index contributed by atoms with van der Waals surface area (Å²) in [7, 11) is 0. The molecule has 25 heavy (non-hydrogen) atoms. The maximum Gasteiger partial charge on any atom is 0.231 e. The van der Waals surface area contributed by atoms with Gasteiger partial charge in [0.2, 0.25) is 12.7 Å². The summed E-state index contributed by atoms with van der Waals surface area (Å²) in [4.78, 5) is 16.0. The van der Waals surface area contributed by atoms with Crippen LogP contribution in [0.15, 0.2) is 42.5 Å². The molecule has 0 bridgehead atoms. The number of ether oxygens (including phenoxy) is 2. The quantitative estimate of drug-likeness (QED) is 0.742. The Morgan fingerprint density at radius 1 is 1.12 bits per heavy atom. The lowest BCUT2D eigenvalue weighted by atomic mass is 10.0. The Bertz CT molecular complexity index is 972. The van der Waals surface area contributed by atoms with Crippen molar-refractivity contribution in [3.05, 3.63) is 48.0 Å². The molecule has 0 spiro atoms. The van der Waals surface area contributed by atoms with Gasteiger partial charge in [0.25, 0.3) is 0 Å². The zero-order valence-electron chi connectivity index (χ0n) is 13.8. The second kappa shape index (κ2) is 6.61. The van der Waals surface area contributed by atoms with E-state index >= 15 is 0 Å². The Morgan fingerprint density at radius 3 is 2.64 bits per heavy atom. The number of amides is 1. The molecule has 1 aromatic heterocycles. The van der Waals surface area contributed by atoms with E-state index < -0.39 is 0 Å². The van der Waals surface area contributed by atoms with E-state index in [1.807, 2.05) is 49.4 Å². The number of halogens is 1. The largest absolute Gasteiger partial charge is 1.00 e. The molecule has 4 rings (SSSR count).